The van der Waals surface area contributed by atoms with Crippen LogP contribution in [0.1, 0.15) is 55.2 Å². The Bertz CT molecular complexity index is 1040. The number of hydrogen-bond donors (Lipinski definition) is 0. The Kier molecular flexibility index (Phi) is 4.27. The molecule has 0 bridgehead atoms. The maximum Gasteiger partial charge on any atom is 0.282 e. The lowest BCUT2D eigenvalue weighted by Gasteiger charge is -2.18. The monoisotopic (exact) mass is 365 g/mol. The number of fused-ring (bicyclic) bond motifs is 3. The van der Waals surface area contributed by atoms with Gasteiger partial charge in [0.25, 0.3) is 5.56 Å². The minimum Gasteiger partial charge on any atom is -0.267 e. The summed E-state index contributed by atoms with van der Waals surface area (Å²) in [5.74, 6) is 0. The second-order valence-corrected chi connectivity index (χ2v) is 8.99. The summed E-state index contributed by atoms with van der Waals surface area (Å²) in [5, 5.41) is 5.14. The number of aryl methyl sites for hydroxylation is 2. The van der Waals surface area contributed by atoms with Crippen molar-refractivity contribution in [3.8, 4) is 0 Å². The third-order valence-corrected chi connectivity index (χ3v) is 6.17. The molecule has 0 saturated heterocycles. The van der Waals surface area contributed by atoms with Crippen molar-refractivity contribution in [3.63, 3.8) is 0 Å². The van der Waals surface area contributed by atoms with Crippen LogP contribution in [0, 0.1) is 0 Å². The van der Waals surface area contributed by atoms with Crippen molar-refractivity contribution in [1.82, 2.24) is 9.66 Å². The van der Waals surface area contributed by atoms with E-state index in [1.165, 1.54) is 33.4 Å². The van der Waals surface area contributed by atoms with E-state index in [1.54, 1.807) is 17.6 Å². The van der Waals surface area contributed by atoms with Gasteiger partial charge in [-0.1, -0.05) is 45.0 Å². The largest absolute Gasteiger partial charge is 0.282 e. The van der Waals surface area contributed by atoms with E-state index < -0.39 is 0 Å². The Labute approximate surface area is 157 Å². The van der Waals surface area contributed by atoms with Crippen molar-refractivity contribution in [3.05, 3.63) is 62.5 Å². The predicted octanol–water partition coefficient (Wildman–Crippen LogP) is 4.52. The molecule has 2 aromatic heterocycles. The van der Waals surface area contributed by atoms with Crippen LogP contribution >= 0.6 is 11.3 Å². The Hall–Kier alpha value is -2.27. The molecule has 0 atom stereocenters. The average Bonchev–Trinajstić information content (AvgIpc) is 3.00. The maximum atomic E-state index is 12.9. The first kappa shape index (κ1) is 17.2. The lowest BCUT2D eigenvalue weighted by molar-refractivity contribution is 0.590. The normalized spacial score (nSPS) is 14.9. The smallest absolute Gasteiger partial charge is 0.267 e. The highest BCUT2D eigenvalue weighted by atomic mass is 32.1. The molecule has 4 nitrogen and oxygen atoms in total. The highest BCUT2D eigenvalue weighted by Crippen LogP contribution is 2.33. The molecule has 4 rings (SSSR count). The van der Waals surface area contributed by atoms with Crippen molar-refractivity contribution in [2.75, 3.05) is 0 Å². The number of hydrogen-bond acceptors (Lipinski definition) is 4. The number of aromatic nitrogens is 2. The summed E-state index contributed by atoms with van der Waals surface area (Å²) in [4.78, 5) is 19.5. The van der Waals surface area contributed by atoms with Gasteiger partial charge in [-0.25, -0.2) is 4.98 Å². The molecule has 0 amide bonds. The fraction of sp³-hybridized carbons (Fsp3) is 0.381. The van der Waals surface area contributed by atoms with Crippen molar-refractivity contribution in [2.45, 2.75) is 51.9 Å². The Balaban J connectivity index is 1.68. The minimum atomic E-state index is -0.0584. The third kappa shape index (κ3) is 3.12. The highest BCUT2D eigenvalue weighted by Gasteiger charge is 2.19. The first-order valence-corrected chi connectivity index (χ1v) is 9.92. The molecule has 1 aliphatic rings. The fourth-order valence-electron chi connectivity index (χ4n) is 3.42. The van der Waals surface area contributed by atoms with Crippen molar-refractivity contribution in [1.29, 1.82) is 0 Å². The zero-order valence-electron chi connectivity index (χ0n) is 15.5. The van der Waals surface area contributed by atoms with E-state index in [9.17, 15) is 4.79 Å². The third-order valence-electron chi connectivity index (χ3n) is 4.97. The van der Waals surface area contributed by atoms with Gasteiger partial charge in [-0.2, -0.15) is 9.78 Å². The molecule has 0 unspecified atom stereocenters. The van der Waals surface area contributed by atoms with E-state index in [0.29, 0.717) is 0 Å². The molecule has 0 aliphatic heterocycles. The van der Waals surface area contributed by atoms with Gasteiger partial charge in [0.2, 0.25) is 0 Å². The van der Waals surface area contributed by atoms with Crippen molar-refractivity contribution < 1.29 is 0 Å². The van der Waals surface area contributed by atoms with E-state index in [1.807, 2.05) is 12.1 Å². The first-order valence-electron chi connectivity index (χ1n) is 9.10. The van der Waals surface area contributed by atoms with E-state index in [-0.39, 0.29) is 11.0 Å². The molecule has 5 heteroatoms. The molecule has 1 aromatic carbocycles. The Morgan fingerprint density at radius 1 is 1.15 bits per heavy atom. The standard InChI is InChI=1S/C21H23N3OS/c1-21(2,3)15-10-8-14(9-11-15)12-23-24-13-22-19-18(20(24)25)16-6-4-5-7-17(16)26-19/h8-13H,4-7H2,1-3H3/b23-12+. The molecule has 0 fully saturated rings. The molecule has 0 N–H and O–H groups in total. The van der Waals surface area contributed by atoms with E-state index in [0.717, 1.165) is 35.0 Å². The lowest BCUT2D eigenvalue weighted by atomic mass is 9.87. The van der Waals surface area contributed by atoms with Crippen LogP contribution in [0.3, 0.4) is 0 Å². The highest BCUT2D eigenvalue weighted by molar-refractivity contribution is 7.18. The van der Waals surface area contributed by atoms with Gasteiger partial charge >= 0.3 is 0 Å². The van der Waals surface area contributed by atoms with Crippen LogP contribution < -0.4 is 5.56 Å². The molecule has 2 heterocycles. The van der Waals surface area contributed by atoms with Crippen LogP contribution in [0.2, 0.25) is 0 Å². The predicted molar refractivity (Wildman–Crippen MR) is 109 cm³/mol. The minimum absolute atomic E-state index is 0.0584. The Morgan fingerprint density at radius 3 is 2.62 bits per heavy atom. The molecule has 0 spiro atoms. The lowest BCUT2D eigenvalue weighted by Crippen LogP contribution is -2.18. The first-order chi connectivity index (χ1) is 12.4. The fourth-order valence-corrected chi connectivity index (χ4v) is 4.64. The average molecular weight is 366 g/mol. The molecule has 26 heavy (non-hydrogen) atoms. The van der Waals surface area contributed by atoms with Crippen LogP contribution in [0.5, 0.6) is 0 Å². The molecule has 3 aromatic rings. The molecular weight excluding hydrogens is 342 g/mol. The van der Waals surface area contributed by atoms with Gasteiger partial charge in [0, 0.05) is 4.88 Å². The number of rotatable bonds is 2. The van der Waals surface area contributed by atoms with Crippen LogP contribution in [0.4, 0.5) is 0 Å². The van der Waals surface area contributed by atoms with E-state index >= 15 is 0 Å². The number of thiophene rings is 1. The van der Waals surface area contributed by atoms with Crippen molar-refractivity contribution >= 4 is 27.8 Å². The van der Waals surface area contributed by atoms with Gasteiger partial charge < -0.3 is 0 Å². The van der Waals surface area contributed by atoms with Gasteiger partial charge in [-0.15, -0.1) is 11.3 Å². The second-order valence-electron chi connectivity index (χ2n) is 7.90. The molecule has 0 saturated carbocycles. The molecule has 0 radical (unpaired) electrons. The van der Waals surface area contributed by atoms with Gasteiger partial charge in [0.05, 0.1) is 11.6 Å². The number of nitrogens with zero attached hydrogens (tertiary/aromatic N) is 3. The van der Waals surface area contributed by atoms with E-state index in [2.05, 4.69) is 43.0 Å². The van der Waals surface area contributed by atoms with Crippen LogP contribution in [0.25, 0.3) is 10.2 Å². The topological polar surface area (TPSA) is 47.2 Å². The molecule has 1 aliphatic carbocycles. The Morgan fingerprint density at radius 2 is 1.88 bits per heavy atom. The summed E-state index contributed by atoms with van der Waals surface area (Å²) in [5.41, 5.74) is 3.52. The van der Waals surface area contributed by atoms with Gasteiger partial charge in [0.15, 0.2) is 0 Å². The quantitative estimate of drug-likeness (QED) is 0.627. The zero-order chi connectivity index (χ0) is 18.3. The molecule has 134 valence electrons. The van der Waals surface area contributed by atoms with Gasteiger partial charge in [-0.05, 0) is 47.8 Å². The van der Waals surface area contributed by atoms with E-state index in [4.69, 9.17) is 0 Å². The summed E-state index contributed by atoms with van der Waals surface area (Å²) in [6.45, 7) is 6.58. The summed E-state index contributed by atoms with van der Waals surface area (Å²) in [6, 6.07) is 8.29. The van der Waals surface area contributed by atoms with Crippen molar-refractivity contribution in [2.24, 2.45) is 5.10 Å². The van der Waals surface area contributed by atoms with Crippen LogP contribution in [-0.4, -0.2) is 15.9 Å². The van der Waals surface area contributed by atoms with Gasteiger partial charge in [-0.3, -0.25) is 4.79 Å². The maximum absolute atomic E-state index is 12.9. The summed E-state index contributed by atoms with van der Waals surface area (Å²) < 4.78 is 1.36. The number of benzene rings is 1. The summed E-state index contributed by atoms with van der Waals surface area (Å²) >= 11 is 1.66. The zero-order valence-corrected chi connectivity index (χ0v) is 16.3. The second kappa shape index (κ2) is 6.47. The van der Waals surface area contributed by atoms with Crippen LogP contribution in [-0.2, 0) is 18.3 Å². The summed E-state index contributed by atoms with van der Waals surface area (Å²) in [7, 11) is 0. The van der Waals surface area contributed by atoms with Crippen LogP contribution in [0.15, 0.2) is 40.5 Å². The SMILES string of the molecule is CC(C)(C)c1ccc(/C=N/n2cnc3sc4c(c3c2=O)CCCC4)cc1. The molecular formula is C21H23N3OS. The van der Waals surface area contributed by atoms with Gasteiger partial charge in [0.1, 0.15) is 11.2 Å². The summed E-state index contributed by atoms with van der Waals surface area (Å²) in [6.07, 6.45) is 7.66.